The number of likely N-dealkylation sites (tertiary alicyclic amines) is 2. The zero-order chi connectivity index (χ0) is 35.7. The molecule has 2 atom stereocenters. The highest BCUT2D eigenvalue weighted by Gasteiger charge is 2.49. The van der Waals surface area contributed by atoms with Gasteiger partial charge in [-0.05, 0) is 116 Å². The standard InChI is InChI=1S/C40H45F3N6O2/c1-26-19-39(20-26,37-45-44-25-46(37)3)30-6-5-7-31(18-30)49-22-34-33(36(49)50)16-29(17-35(34)40(41,42)43)27(2)48-15-13-38(24-48)12-14-47(23-38)21-28-8-10-32(51-4)11-9-28/h5-11,16-18,25-27H,12-15,19-24H2,1-4H3/t26?,27?,38-,39?/m0/s1. The number of anilines is 1. The maximum Gasteiger partial charge on any atom is 0.416 e. The number of nitrogens with zero attached hydrogens (tertiary/aromatic N) is 6. The number of ether oxygens (including phenoxy) is 1. The zero-order valence-electron chi connectivity index (χ0n) is 29.7. The van der Waals surface area contributed by atoms with Gasteiger partial charge in [-0.15, -0.1) is 10.2 Å². The second-order valence-corrected chi connectivity index (χ2v) is 15.6. The number of methoxy groups -OCH3 is 1. The summed E-state index contributed by atoms with van der Waals surface area (Å²) in [5.74, 6) is 1.81. The minimum atomic E-state index is -4.59. The zero-order valence-corrected chi connectivity index (χ0v) is 29.7. The average molecular weight is 699 g/mol. The number of carbonyl (C=O) groups excluding carboxylic acids is 1. The Morgan fingerprint density at radius 2 is 1.78 bits per heavy atom. The van der Waals surface area contributed by atoms with Gasteiger partial charge in [0.1, 0.15) is 17.9 Å². The molecule has 1 aromatic heterocycles. The van der Waals surface area contributed by atoms with Crippen LogP contribution in [0.2, 0.25) is 0 Å². The Bertz CT molecular complexity index is 1950. The van der Waals surface area contributed by atoms with Crippen molar-refractivity contribution in [1.82, 2.24) is 24.6 Å². The molecule has 0 radical (unpaired) electrons. The predicted octanol–water partition coefficient (Wildman–Crippen LogP) is 7.38. The summed E-state index contributed by atoms with van der Waals surface area (Å²) in [5.41, 5.74) is 2.63. The molecule has 3 aromatic carbocycles. The molecule has 8 nitrogen and oxygen atoms in total. The van der Waals surface area contributed by atoms with E-state index >= 15 is 0 Å². The van der Waals surface area contributed by atoms with E-state index in [1.54, 1.807) is 19.5 Å². The van der Waals surface area contributed by atoms with E-state index in [1.807, 2.05) is 54.9 Å². The number of amides is 1. The third-order valence-corrected chi connectivity index (χ3v) is 12.2. The number of halogens is 3. The maximum absolute atomic E-state index is 14.8. The lowest BCUT2D eigenvalue weighted by atomic mass is 9.58. The summed E-state index contributed by atoms with van der Waals surface area (Å²) in [6.45, 7) is 8.52. The van der Waals surface area contributed by atoms with Crippen LogP contribution in [0.4, 0.5) is 18.9 Å². The minimum Gasteiger partial charge on any atom is -0.497 e. The third-order valence-electron chi connectivity index (χ3n) is 12.2. The average Bonchev–Trinajstić information content (AvgIpc) is 3.90. The van der Waals surface area contributed by atoms with Crippen LogP contribution >= 0.6 is 0 Å². The summed E-state index contributed by atoms with van der Waals surface area (Å²) in [6.07, 6.45) is 0.939. The van der Waals surface area contributed by atoms with Gasteiger partial charge in [-0.3, -0.25) is 14.6 Å². The molecule has 268 valence electrons. The van der Waals surface area contributed by atoms with Gasteiger partial charge >= 0.3 is 6.18 Å². The number of hydrogen-bond acceptors (Lipinski definition) is 6. The number of aromatic nitrogens is 3. The first-order valence-electron chi connectivity index (χ1n) is 18.0. The summed E-state index contributed by atoms with van der Waals surface area (Å²) in [6, 6.07) is 18.6. The quantitative estimate of drug-likeness (QED) is 0.192. The van der Waals surface area contributed by atoms with E-state index in [0.29, 0.717) is 17.2 Å². The Labute approximate surface area is 297 Å². The van der Waals surface area contributed by atoms with E-state index in [-0.39, 0.29) is 40.5 Å². The first-order valence-corrected chi connectivity index (χ1v) is 18.0. The summed E-state index contributed by atoms with van der Waals surface area (Å²) < 4.78 is 51.5. The molecule has 1 aliphatic carbocycles. The van der Waals surface area contributed by atoms with Crippen molar-refractivity contribution in [3.05, 3.63) is 106 Å². The fraction of sp³-hybridized carbons (Fsp3) is 0.475. The van der Waals surface area contributed by atoms with Gasteiger partial charge in [0.2, 0.25) is 0 Å². The molecule has 3 fully saturated rings. The fourth-order valence-electron chi connectivity index (χ4n) is 9.49. The largest absolute Gasteiger partial charge is 0.497 e. The lowest BCUT2D eigenvalue weighted by Crippen LogP contribution is -2.43. The Kier molecular flexibility index (Phi) is 8.29. The molecule has 1 saturated carbocycles. The molecular formula is C40H45F3N6O2. The van der Waals surface area contributed by atoms with Crippen molar-refractivity contribution < 1.29 is 22.7 Å². The van der Waals surface area contributed by atoms with Gasteiger partial charge in [-0.2, -0.15) is 13.2 Å². The molecule has 0 bridgehead atoms. The van der Waals surface area contributed by atoms with Crippen LogP contribution in [-0.4, -0.2) is 63.8 Å². The molecule has 2 saturated heterocycles. The molecule has 51 heavy (non-hydrogen) atoms. The molecular weight excluding hydrogens is 653 g/mol. The Balaban J connectivity index is 1.02. The number of hydrogen-bond donors (Lipinski definition) is 0. The number of carbonyl (C=O) groups is 1. The maximum atomic E-state index is 14.8. The second-order valence-electron chi connectivity index (χ2n) is 15.6. The highest BCUT2D eigenvalue weighted by Crippen LogP contribution is 2.52. The van der Waals surface area contributed by atoms with E-state index in [4.69, 9.17) is 4.74 Å². The van der Waals surface area contributed by atoms with E-state index in [2.05, 4.69) is 39.1 Å². The van der Waals surface area contributed by atoms with Gasteiger partial charge in [0, 0.05) is 44.0 Å². The number of aryl methyl sites for hydroxylation is 1. The van der Waals surface area contributed by atoms with E-state index in [0.717, 1.165) is 75.5 Å². The monoisotopic (exact) mass is 698 g/mol. The number of rotatable bonds is 8. The van der Waals surface area contributed by atoms with E-state index in [9.17, 15) is 18.0 Å². The van der Waals surface area contributed by atoms with Gasteiger partial charge in [-0.25, -0.2) is 0 Å². The fourth-order valence-corrected chi connectivity index (χ4v) is 9.49. The second kappa shape index (κ2) is 12.5. The summed E-state index contributed by atoms with van der Waals surface area (Å²) in [7, 11) is 3.59. The van der Waals surface area contributed by atoms with Crippen molar-refractivity contribution in [3.63, 3.8) is 0 Å². The molecule has 4 aliphatic rings. The molecule has 8 rings (SSSR count). The molecule has 1 amide bonds. The Morgan fingerprint density at radius 1 is 1.02 bits per heavy atom. The molecule has 0 N–H and O–H groups in total. The molecule has 4 heterocycles. The van der Waals surface area contributed by atoms with Crippen LogP contribution in [-0.2, 0) is 31.7 Å². The van der Waals surface area contributed by atoms with Crippen LogP contribution in [0, 0.1) is 11.3 Å². The van der Waals surface area contributed by atoms with Gasteiger partial charge in [-0.1, -0.05) is 31.2 Å². The lowest BCUT2D eigenvalue weighted by molar-refractivity contribution is -0.138. The minimum absolute atomic E-state index is 0.0528. The van der Waals surface area contributed by atoms with E-state index < -0.39 is 11.7 Å². The summed E-state index contributed by atoms with van der Waals surface area (Å²) >= 11 is 0. The molecule has 4 aromatic rings. The topological polar surface area (TPSA) is 66.7 Å². The van der Waals surface area contributed by atoms with Gasteiger partial charge in [0.05, 0.1) is 24.6 Å². The molecule has 1 spiro atoms. The van der Waals surface area contributed by atoms with Gasteiger partial charge in [0.15, 0.2) is 0 Å². The van der Waals surface area contributed by atoms with Crippen LogP contribution in [0.3, 0.4) is 0 Å². The van der Waals surface area contributed by atoms with Crippen molar-refractivity contribution in [2.45, 2.75) is 70.3 Å². The highest BCUT2D eigenvalue weighted by molar-refractivity contribution is 6.10. The summed E-state index contributed by atoms with van der Waals surface area (Å²) in [4.78, 5) is 20.4. The number of alkyl halides is 3. The summed E-state index contributed by atoms with van der Waals surface area (Å²) in [5, 5.41) is 8.56. The van der Waals surface area contributed by atoms with Crippen LogP contribution in [0.5, 0.6) is 5.75 Å². The predicted molar refractivity (Wildman–Crippen MR) is 189 cm³/mol. The van der Waals surface area contributed by atoms with Crippen molar-refractivity contribution in [1.29, 1.82) is 0 Å². The van der Waals surface area contributed by atoms with Crippen LogP contribution in [0.25, 0.3) is 0 Å². The third kappa shape index (κ3) is 5.92. The highest BCUT2D eigenvalue weighted by atomic mass is 19.4. The van der Waals surface area contributed by atoms with Crippen LogP contribution in [0.1, 0.15) is 89.6 Å². The van der Waals surface area contributed by atoms with Crippen molar-refractivity contribution in [3.8, 4) is 5.75 Å². The smallest absolute Gasteiger partial charge is 0.416 e. The normalized spacial score (nSPS) is 25.8. The molecule has 1 unspecified atom stereocenters. The Hall–Kier alpha value is -4.22. The SMILES string of the molecule is COc1ccc(CN2CC[C@]3(CCN(C(C)c4cc5c(c(C(F)(F)F)c4)CN(c4cccc(C6(c7nncn7C)CC(C)C6)c4)C5=O)C3)C2)cc1. The first kappa shape index (κ1) is 33.9. The van der Waals surface area contributed by atoms with Crippen LogP contribution < -0.4 is 9.64 Å². The number of fused-ring (bicyclic) bond motifs is 1. The van der Waals surface area contributed by atoms with Crippen molar-refractivity contribution in [2.24, 2.45) is 18.4 Å². The van der Waals surface area contributed by atoms with E-state index in [1.165, 1.54) is 16.5 Å². The van der Waals surface area contributed by atoms with Crippen molar-refractivity contribution in [2.75, 3.05) is 38.2 Å². The van der Waals surface area contributed by atoms with Gasteiger partial charge in [0.25, 0.3) is 5.91 Å². The van der Waals surface area contributed by atoms with Crippen molar-refractivity contribution >= 4 is 11.6 Å². The first-order chi connectivity index (χ1) is 24.4. The Morgan fingerprint density at radius 3 is 2.47 bits per heavy atom. The molecule has 11 heteroatoms. The number of benzene rings is 3. The lowest BCUT2D eigenvalue weighted by Gasteiger charge is -2.46. The van der Waals surface area contributed by atoms with Crippen LogP contribution in [0.15, 0.2) is 67.0 Å². The molecule has 3 aliphatic heterocycles. The van der Waals surface area contributed by atoms with Gasteiger partial charge < -0.3 is 14.2 Å².